The van der Waals surface area contributed by atoms with Crippen LogP contribution >= 0.6 is 23.4 Å². The zero-order valence-corrected chi connectivity index (χ0v) is 24.8. The molecule has 12 heteroatoms. The summed E-state index contributed by atoms with van der Waals surface area (Å²) < 4.78 is 57.1. The van der Waals surface area contributed by atoms with Crippen LogP contribution in [0, 0.1) is 6.92 Å². The van der Waals surface area contributed by atoms with Crippen LogP contribution in [0.25, 0.3) is 0 Å². The van der Waals surface area contributed by atoms with Gasteiger partial charge in [-0.15, -0.1) is 11.8 Å². The molecule has 8 nitrogen and oxygen atoms in total. The van der Waals surface area contributed by atoms with Crippen LogP contribution in [0.3, 0.4) is 0 Å². The van der Waals surface area contributed by atoms with Gasteiger partial charge in [0.15, 0.2) is 0 Å². The van der Waals surface area contributed by atoms with E-state index in [4.69, 9.17) is 11.6 Å². The second-order valence-electron chi connectivity index (χ2n) is 9.22. The Morgan fingerprint density at radius 1 is 0.846 bits per heavy atom. The minimum absolute atomic E-state index is 0.0421. The fourth-order valence-corrected chi connectivity index (χ4v) is 7.26. The third-order valence-corrected chi connectivity index (χ3v) is 10.5. The SMILES string of the molecule is CSc1ccc(S(=O)(=O)Nc2ccc(S(=O)(=O)Nc3cccc(Cl)c3C)cc2)cc1C(=O)N1CCCCCC1. The summed E-state index contributed by atoms with van der Waals surface area (Å²) in [6.07, 6.45) is 5.86. The molecule has 0 aliphatic carbocycles. The summed E-state index contributed by atoms with van der Waals surface area (Å²) in [5.74, 6) is -0.171. The molecule has 39 heavy (non-hydrogen) atoms. The molecule has 4 rings (SSSR count). The number of anilines is 2. The molecule has 0 spiro atoms. The summed E-state index contributed by atoms with van der Waals surface area (Å²) in [4.78, 5) is 15.7. The maximum Gasteiger partial charge on any atom is 0.261 e. The van der Waals surface area contributed by atoms with E-state index in [0.717, 1.165) is 25.7 Å². The molecule has 0 bridgehead atoms. The van der Waals surface area contributed by atoms with E-state index < -0.39 is 20.0 Å². The summed E-state index contributed by atoms with van der Waals surface area (Å²) in [6, 6.07) is 14.8. The van der Waals surface area contributed by atoms with E-state index in [9.17, 15) is 21.6 Å². The molecule has 1 aliphatic heterocycles. The molecule has 3 aromatic carbocycles. The van der Waals surface area contributed by atoms with E-state index in [0.29, 0.717) is 39.8 Å². The van der Waals surface area contributed by atoms with Gasteiger partial charge in [-0.05, 0) is 86.2 Å². The number of nitrogens with one attached hydrogen (secondary N) is 2. The van der Waals surface area contributed by atoms with E-state index in [1.807, 2.05) is 6.26 Å². The van der Waals surface area contributed by atoms with Crippen molar-refractivity contribution in [3.8, 4) is 0 Å². The molecule has 1 saturated heterocycles. The Morgan fingerprint density at radius 3 is 2.10 bits per heavy atom. The van der Waals surface area contributed by atoms with E-state index in [1.165, 1.54) is 48.2 Å². The Morgan fingerprint density at radius 2 is 1.46 bits per heavy atom. The number of nitrogens with zero attached hydrogens (tertiary/aromatic N) is 1. The number of hydrogen-bond donors (Lipinski definition) is 2. The predicted octanol–water partition coefficient (Wildman–Crippen LogP) is 5.99. The van der Waals surface area contributed by atoms with Gasteiger partial charge >= 0.3 is 0 Å². The summed E-state index contributed by atoms with van der Waals surface area (Å²) in [5.41, 5.74) is 1.48. The molecule has 1 amide bonds. The van der Waals surface area contributed by atoms with Gasteiger partial charge in [-0.2, -0.15) is 0 Å². The van der Waals surface area contributed by atoms with E-state index in [2.05, 4.69) is 9.44 Å². The molecule has 0 aromatic heterocycles. The highest BCUT2D eigenvalue weighted by Gasteiger charge is 2.24. The van der Waals surface area contributed by atoms with Crippen LogP contribution in [0.15, 0.2) is 75.4 Å². The molecular formula is C27H30ClN3O5S3. The van der Waals surface area contributed by atoms with Gasteiger partial charge in [0, 0.05) is 28.7 Å². The lowest BCUT2D eigenvalue weighted by molar-refractivity contribution is 0.0758. The van der Waals surface area contributed by atoms with Crippen molar-refractivity contribution in [1.29, 1.82) is 0 Å². The second-order valence-corrected chi connectivity index (χ2v) is 13.8. The van der Waals surface area contributed by atoms with Gasteiger partial charge in [0.05, 0.1) is 21.0 Å². The van der Waals surface area contributed by atoms with Crippen molar-refractivity contribution in [2.24, 2.45) is 0 Å². The van der Waals surface area contributed by atoms with Crippen molar-refractivity contribution in [2.75, 3.05) is 28.8 Å². The van der Waals surface area contributed by atoms with E-state index >= 15 is 0 Å². The van der Waals surface area contributed by atoms with Gasteiger partial charge in [-0.1, -0.05) is 30.5 Å². The molecule has 1 heterocycles. The van der Waals surface area contributed by atoms with Crippen molar-refractivity contribution in [3.63, 3.8) is 0 Å². The highest BCUT2D eigenvalue weighted by molar-refractivity contribution is 7.98. The van der Waals surface area contributed by atoms with E-state index in [-0.39, 0.29) is 21.4 Å². The van der Waals surface area contributed by atoms with Crippen LogP contribution in [0.5, 0.6) is 0 Å². The van der Waals surface area contributed by atoms with Crippen molar-refractivity contribution in [2.45, 2.75) is 47.3 Å². The minimum Gasteiger partial charge on any atom is -0.339 e. The number of rotatable bonds is 8. The fourth-order valence-electron chi connectivity index (χ4n) is 4.30. The first kappa shape index (κ1) is 29.3. The third kappa shape index (κ3) is 6.89. The topological polar surface area (TPSA) is 113 Å². The van der Waals surface area contributed by atoms with Crippen LogP contribution in [0.4, 0.5) is 11.4 Å². The summed E-state index contributed by atoms with van der Waals surface area (Å²) >= 11 is 7.48. The molecule has 0 unspecified atom stereocenters. The van der Waals surface area contributed by atoms with Gasteiger partial charge < -0.3 is 4.90 Å². The monoisotopic (exact) mass is 607 g/mol. The van der Waals surface area contributed by atoms with Crippen LogP contribution in [0.1, 0.15) is 41.6 Å². The Balaban J connectivity index is 1.54. The molecule has 3 aromatic rings. The van der Waals surface area contributed by atoms with Crippen molar-refractivity contribution < 1.29 is 21.6 Å². The Kier molecular flexibility index (Phi) is 9.15. The zero-order chi connectivity index (χ0) is 28.2. The number of amides is 1. The number of carbonyl (C=O) groups is 1. The number of thioether (sulfide) groups is 1. The lowest BCUT2D eigenvalue weighted by Crippen LogP contribution is -2.32. The molecule has 1 aliphatic rings. The van der Waals surface area contributed by atoms with Crippen LogP contribution in [0.2, 0.25) is 5.02 Å². The second kappa shape index (κ2) is 12.2. The number of hydrogen-bond acceptors (Lipinski definition) is 6. The van der Waals surface area contributed by atoms with Gasteiger partial charge in [0.1, 0.15) is 0 Å². The lowest BCUT2D eigenvalue weighted by Gasteiger charge is -2.22. The van der Waals surface area contributed by atoms with Crippen molar-refractivity contribution >= 4 is 60.7 Å². The van der Waals surface area contributed by atoms with Crippen LogP contribution < -0.4 is 9.44 Å². The molecule has 0 atom stereocenters. The highest BCUT2D eigenvalue weighted by atomic mass is 35.5. The van der Waals surface area contributed by atoms with Crippen molar-refractivity contribution in [3.05, 3.63) is 76.8 Å². The van der Waals surface area contributed by atoms with E-state index in [1.54, 1.807) is 36.1 Å². The Bertz CT molecular complexity index is 1570. The quantitative estimate of drug-likeness (QED) is 0.304. The number of halogens is 1. The number of likely N-dealkylation sites (tertiary alicyclic amines) is 1. The average Bonchev–Trinajstić information content (AvgIpc) is 3.20. The Labute approximate surface area is 239 Å². The summed E-state index contributed by atoms with van der Waals surface area (Å²) in [5, 5.41) is 0.432. The zero-order valence-electron chi connectivity index (χ0n) is 21.6. The summed E-state index contributed by atoms with van der Waals surface area (Å²) in [6.45, 7) is 3.02. The number of benzene rings is 3. The first-order valence-corrected chi connectivity index (χ1v) is 17.0. The van der Waals surface area contributed by atoms with Crippen molar-refractivity contribution in [1.82, 2.24) is 4.90 Å². The van der Waals surface area contributed by atoms with Gasteiger partial charge in [-0.25, -0.2) is 16.8 Å². The number of carbonyl (C=O) groups excluding carboxylic acids is 1. The molecule has 0 radical (unpaired) electrons. The third-order valence-electron chi connectivity index (χ3n) is 6.53. The minimum atomic E-state index is -4.05. The lowest BCUT2D eigenvalue weighted by atomic mass is 10.2. The smallest absolute Gasteiger partial charge is 0.261 e. The molecule has 0 saturated carbocycles. The van der Waals surface area contributed by atoms with Gasteiger partial charge in [-0.3, -0.25) is 14.2 Å². The summed E-state index contributed by atoms with van der Waals surface area (Å²) in [7, 11) is -7.98. The molecule has 1 fully saturated rings. The standard InChI is InChI=1S/C27H30ClN3O5S3/c1-19-24(28)8-7-9-25(19)30-38(33,34)21-12-10-20(11-13-21)29-39(35,36)22-14-15-26(37-2)23(18-22)27(32)31-16-5-3-4-6-17-31/h7-15,18,29-30H,3-6,16-17H2,1-2H3. The van der Waals surface area contributed by atoms with Gasteiger partial charge in [0.2, 0.25) is 0 Å². The Hall–Kier alpha value is -2.73. The first-order valence-electron chi connectivity index (χ1n) is 12.4. The van der Waals surface area contributed by atoms with Crippen LogP contribution in [-0.4, -0.2) is 47.0 Å². The predicted molar refractivity (Wildman–Crippen MR) is 157 cm³/mol. The maximum absolute atomic E-state index is 13.3. The number of sulfonamides is 2. The average molecular weight is 608 g/mol. The van der Waals surface area contributed by atoms with Gasteiger partial charge in [0.25, 0.3) is 26.0 Å². The molecular weight excluding hydrogens is 578 g/mol. The van der Waals surface area contributed by atoms with Crippen LogP contribution in [-0.2, 0) is 20.0 Å². The largest absolute Gasteiger partial charge is 0.339 e. The highest BCUT2D eigenvalue weighted by Crippen LogP contribution is 2.29. The normalized spacial score (nSPS) is 14.5. The first-order chi connectivity index (χ1) is 18.5. The fraction of sp³-hybridized carbons (Fsp3) is 0.296. The maximum atomic E-state index is 13.3. The molecule has 2 N–H and O–H groups in total. The molecule has 208 valence electrons.